The number of aryl methyl sites for hydroxylation is 1. The van der Waals surface area contributed by atoms with Gasteiger partial charge in [0.1, 0.15) is 18.2 Å². The largest absolute Gasteiger partial charge is 0.488 e. The zero-order chi connectivity index (χ0) is 27.6. The molecule has 1 atom stereocenters. The quantitative estimate of drug-likeness (QED) is 0.247. The van der Waals surface area contributed by atoms with Crippen LogP contribution in [0.2, 0.25) is 0 Å². The molecule has 198 valence electrons. The van der Waals surface area contributed by atoms with Gasteiger partial charge in [-0.25, -0.2) is 9.78 Å². The number of fused-ring (bicyclic) bond motifs is 1. The summed E-state index contributed by atoms with van der Waals surface area (Å²) in [4.78, 5) is 17.3. The Hall–Kier alpha value is -4.58. The number of carbonyl (C=O) groups is 1. The number of nitrogens with one attached hydrogen (secondary N) is 2. The van der Waals surface area contributed by atoms with Gasteiger partial charge in [0.2, 0.25) is 0 Å². The van der Waals surface area contributed by atoms with E-state index in [1.165, 1.54) is 11.1 Å². The number of amides is 2. The van der Waals surface area contributed by atoms with Crippen LogP contribution in [0.25, 0.3) is 10.8 Å². The Balaban J connectivity index is 1.36. The van der Waals surface area contributed by atoms with E-state index in [1.54, 1.807) is 12.3 Å². The van der Waals surface area contributed by atoms with Crippen molar-refractivity contribution in [2.24, 2.45) is 5.41 Å². The van der Waals surface area contributed by atoms with Crippen molar-refractivity contribution in [3.63, 3.8) is 0 Å². The Morgan fingerprint density at radius 1 is 0.974 bits per heavy atom. The first kappa shape index (κ1) is 26.0. The number of nitrogens with zero attached hydrogens (tertiary/aromatic N) is 1. The summed E-state index contributed by atoms with van der Waals surface area (Å²) in [5.41, 5.74) is 11.8. The Bertz CT molecular complexity index is 1580. The number of rotatable bonds is 6. The number of nitrogens with two attached hydrogens (primary N) is 1. The lowest BCUT2D eigenvalue weighted by molar-refractivity contribution is 0.254. The standard InChI is InChI=1S/C33H34N4O2/c1-21-9-11-23(12-10-21)27-18-24(33(2,3)4)19-29(27)37-32(38)36-28-13-14-30(26-8-6-5-7-25(26)28)39-20-22-15-16-35-31(34)17-22/h5-19,27H,20H2,1-4H3,(H2,34,35)(H2,36,37,38). The van der Waals surface area contributed by atoms with Crippen LogP contribution in [-0.4, -0.2) is 11.0 Å². The van der Waals surface area contributed by atoms with Gasteiger partial charge in [-0.1, -0.05) is 80.9 Å². The van der Waals surface area contributed by atoms with E-state index in [1.807, 2.05) is 42.5 Å². The van der Waals surface area contributed by atoms with Gasteiger partial charge in [0.15, 0.2) is 0 Å². The molecular formula is C33H34N4O2. The summed E-state index contributed by atoms with van der Waals surface area (Å²) in [6, 6.07) is 23.5. The molecule has 39 heavy (non-hydrogen) atoms. The fourth-order valence-corrected chi connectivity index (χ4v) is 4.74. The Morgan fingerprint density at radius 2 is 1.72 bits per heavy atom. The van der Waals surface area contributed by atoms with Crippen LogP contribution in [-0.2, 0) is 6.61 Å². The molecule has 6 heteroatoms. The van der Waals surface area contributed by atoms with Crippen molar-refractivity contribution in [2.45, 2.75) is 40.2 Å². The molecule has 3 aromatic carbocycles. The van der Waals surface area contributed by atoms with Gasteiger partial charge < -0.3 is 21.1 Å². The topological polar surface area (TPSA) is 89.3 Å². The van der Waals surface area contributed by atoms with E-state index in [9.17, 15) is 4.79 Å². The third-order valence-electron chi connectivity index (χ3n) is 6.92. The summed E-state index contributed by atoms with van der Waals surface area (Å²) < 4.78 is 6.12. The SMILES string of the molecule is Cc1ccc(C2C=C(C(C)(C)C)C=C2NC(=O)Nc2ccc(OCc3ccnc(N)c3)c3ccccc23)cc1. The van der Waals surface area contributed by atoms with Gasteiger partial charge in [-0.15, -0.1) is 0 Å². The van der Waals surface area contributed by atoms with Crippen molar-refractivity contribution in [1.29, 1.82) is 0 Å². The molecule has 1 aromatic heterocycles. The first-order valence-electron chi connectivity index (χ1n) is 13.1. The second-order valence-corrected chi connectivity index (χ2v) is 11.0. The molecule has 1 unspecified atom stereocenters. The molecule has 4 N–H and O–H groups in total. The second-order valence-electron chi connectivity index (χ2n) is 11.0. The maximum absolute atomic E-state index is 13.3. The van der Waals surface area contributed by atoms with Crippen molar-refractivity contribution < 1.29 is 9.53 Å². The minimum Gasteiger partial charge on any atom is -0.488 e. The number of aromatic nitrogens is 1. The van der Waals surface area contributed by atoms with Gasteiger partial charge in [-0.05, 0) is 59.4 Å². The zero-order valence-corrected chi connectivity index (χ0v) is 22.8. The number of hydrogen-bond donors (Lipinski definition) is 3. The third kappa shape index (κ3) is 5.96. The molecular weight excluding hydrogens is 484 g/mol. The van der Waals surface area contributed by atoms with Crippen molar-refractivity contribution in [3.05, 3.63) is 119 Å². The molecule has 1 aliphatic rings. The van der Waals surface area contributed by atoms with Crippen molar-refractivity contribution >= 4 is 28.3 Å². The summed E-state index contributed by atoms with van der Waals surface area (Å²) >= 11 is 0. The number of anilines is 2. The fraction of sp³-hybridized carbons (Fsp3) is 0.212. The average Bonchev–Trinajstić information content (AvgIpc) is 3.33. The highest BCUT2D eigenvalue weighted by molar-refractivity contribution is 6.04. The Kier molecular flexibility index (Phi) is 7.11. The highest BCUT2D eigenvalue weighted by Gasteiger charge is 2.28. The normalized spacial score (nSPS) is 15.0. The molecule has 2 amide bonds. The predicted molar refractivity (Wildman–Crippen MR) is 159 cm³/mol. The maximum atomic E-state index is 13.3. The van der Waals surface area contributed by atoms with Gasteiger partial charge in [-0.2, -0.15) is 0 Å². The fourth-order valence-electron chi connectivity index (χ4n) is 4.74. The molecule has 1 aliphatic carbocycles. The average molecular weight is 519 g/mol. The van der Waals surface area contributed by atoms with E-state index < -0.39 is 0 Å². The molecule has 6 nitrogen and oxygen atoms in total. The number of urea groups is 1. The predicted octanol–water partition coefficient (Wildman–Crippen LogP) is 7.48. The lowest BCUT2D eigenvalue weighted by Crippen LogP contribution is -2.29. The summed E-state index contributed by atoms with van der Waals surface area (Å²) in [6.45, 7) is 8.99. The van der Waals surface area contributed by atoms with Crippen molar-refractivity contribution in [1.82, 2.24) is 10.3 Å². The van der Waals surface area contributed by atoms with Crippen LogP contribution in [0.3, 0.4) is 0 Å². The van der Waals surface area contributed by atoms with E-state index in [0.717, 1.165) is 33.3 Å². The molecule has 0 spiro atoms. The molecule has 5 rings (SSSR count). The van der Waals surface area contributed by atoms with Gasteiger partial charge in [0.25, 0.3) is 0 Å². The molecule has 4 aromatic rings. The first-order valence-corrected chi connectivity index (χ1v) is 13.1. The van der Waals surface area contributed by atoms with E-state index in [0.29, 0.717) is 18.1 Å². The third-order valence-corrected chi connectivity index (χ3v) is 6.92. The van der Waals surface area contributed by atoms with E-state index in [-0.39, 0.29) is 17.4 Å². The van der Waals surface area contributed by atoms with Crippen molar-refractivity contribution in [3.8, 4) is 5.75 Å². The second kappa shape index (κ2) is 10.7. The maximum Gasteiger partial charge on any atom is 0.323 e. The number of allylic oxidation sites excluding steroid dienone is 3. The van der Waals surface area contributed by atoms with Gasteiger partial charge >= 0.3 is 6.03 Å². The summed E-state index contributed by atoms with van der Waals surface area (Å²) in [6.07, 6.45) is 6.02. The minimum atomic E-state index is -0.284. The van der Waals surface area contributed by atoms with Crippen LogP contribution < -0.4 is 21.1 Å². The molecule has 1 heterocycles. The number of carbonyl (C=O) groups excluding carboxylic acids is 1. The minimum absolute atomic E-state index is 0.0136. The molecule has 0 saturated heterocycles. The highest BCUT2D eigenvalue weighted by Crippen LogP contribution is 2.39. The lowest BCUT2D eigenvalue weighted by Gasteiger charge is -2.18. The van der Waals surface area contributed by atoms with E-state index in [4.69, 9.17) is 10.5 Å². The first-order chi connectivity index (χ1) is 18.7. The molecule has 0 bridgehead atoms. The number of ether oxygens (including phenoxy) is 1. The van der Waals surface area contributed by atoms with Gasteiger partial charge in [-0.3, -0.25) is 0 Å². The number of hydrogen-bond acceptors (Lipinski definition) is 4. The van der Waals surface area contributed by atoms with Crippen LogP contribution in [0.1, 0.15) is 43.4 Å². The Morgan fingerprint density at radius 3 is 2.44 bits per heavy atom. The lowest BCUT2D eigenvalue weighted by atomic mass is 9.86. The molecule has 0 aliphatic heterocycles. The van der Waals surface area contributed by atoms with Crippen molar-refractivity contribution in [2.75, 3.05) is 11.1 Å². The van der Waals surface area contributed by atoms with Crippen LogP contribution in [0.4, 0.5) is 16.3 Å². The zero-order valence-electron chi connectivity index (χ0n) is 22.8. The van der Waals surface area contributed by atoms with Crippen LogP contribution in [0.15, 0.2) is 102 Å². The molecule has 0 radical (unpaired) electrons. The number of pyridine rings is 1. The highest BCUT2D eigenvalue weighted by atomic mass is 16.5. The number of benzene rings is 3. The number of nitrogen functional groups attached to an aromatic ring is 1. The summed E-state index contributed by atoms with van der Waals surface area (Å²) in [5.74, 6) is 1.17. The van der Waals surface area contributed by atoms with E-state index >= 15 is 0 Å². The van der Waals surface area contributed by atoms with Crippen LogP contribution in [0.5, 0.6) is 5.75 Å². The summed E-state index contributed by atoms with van der Waals surface area (Å²) in [5, 5.41) is 8.00. The van der Waals surface area contributed by atoms with Crippen LogP contribution >= 0.6 is 0 Å². The molecule has 0 fully saturated rings. The van der Waals surface area contributed by atoms with Crippen LogP contribution in [0, 0.1) is 12.3 Å². The van der Waals surface area contributed by atoms with Gasteiger partial charge in [0, 0.05) is 28.6 Å². The monoisotopic (exact) mass is 518 g/mol. The summed E-state index contributed by atoms with van der Waals surface area (Å²) in [7, 11) is 0. The molecule has 0 saturated carbocycles. The van der Waals surface area contributed by atoms with E-state index in [2.05, 4.69) is 79.7 Å². The smallest absolute Gasteiger partial charge is 0.323 e. The van der Waals surface area contributed by atoms with Gasteiger partial charge in [0.05, 0.1) is 5.69 Å². The Labute approximate surface area is 229 Å².